The van der Waals surface area contributed by atoms with Crippen molar-refractivity contribution in [1.82, 2.24) is 20.3 Å². The average Bonchev–Trinajstić information content (AvgIpc) is 3.07. The molecule has 7 heteroatoms. The van der Waals surface area contributed by atoms with Crippen molar-refractivity contribution in [3.8, 4) is 0 Å². The number of nitrogens with zero attached hydrogens (tertiary/aromatic N) is 4. The van der Waals surface area contributed by atoms with Gasteiger partial charge in [-0.15, -0.1) is 0 Å². The first-order chi connectivity index (χ1) is 11.8. The van der Waals surface area contributed by atoms with Gasteiger partial charge in [0.2, 0.25) is 0 Å². The van der Waals surface area contributed by atoms with E-state index in [-0.39, 0.29) is 11.9 Å². The van der Waals surface area contributed by atoms with Gasteiger partial charge >= 0.3 is 0 Å². The second-order valence-corrected chi connectivity index (χ2v) is 6.85. The van der Waals surface area contributed by atoms with Crippen LogP contribution >= 0.6 is 11.3 Å². The highest BCUT2D eigenvalue weighted by Gasteiger charge is 2.24. The van der Waals surface area contributed by atoms with Gasteiger partial charge in [-0.2, -0.15) is 0 Å². The summed E-state index contributed by atoms with van der Waals surface area (Å²) >= 11 is 1.67. The van der Waals surface area contributed by atoms with Crippen molar-refractivity contribution in [3.05, 3.63) is 48.5 Å². The summed E-state index contributed by atoms with van der Waals surface area (Å²) in [5.41, 5.74) is 1.53. The standard InChI is InChI=1S/C17H17N5OS/c23-16(12-3-1-6-18-9-12)20-13-4-2-8-22(11-13)17-21-14-10-19-7-5-15(14)24-17/h1,3,5-7,9-10,13H,2,4,8,11H2,(H,20,23). The van der Waals surface area contributed by atoms with E-state index in [4.69, 9.17) is 0 Å². The molecular weight excluding hydrogens is 322 g/mol. The molecule has 3 aromatic rings. The van der Waals surface area contributed by atoms with Gasteiger partial charge in [-0.25, -0.2) is 4.98 Å². The summed E-state index contributed by atoms with van der Waals surface area (Å²) < 4.78 is 1.14. The zero-order chi connectivity index (χ0) is 16.4. The fraction of sp³-hybridized carbons (Fsp3) is 0.294. The summed E-state index contributed by atoms with van der Waals surface area (Å²) in [6.45, 7) is 1.74. The minimum absolute atomic E-state index is 0.0663. The van der Waals surface area contributed by atoms with Crippen molar-refractivity contribution in [2.45, 2.75) is 18.9 Å². The molecule has 3 aromatic heterocycles. The number of hydrogen-bond donors (Lipinski definition) is 1. The Morgan fingerprint density at radius 1 is 1.25 bits per heavy atom. The number of rotatable bonds is 3. The molecule has 0 radical (unpaired) electrons. The lowest BCUT2D eigenvalue weighted by atomic mass is 10.1. The molecule has 4 heterocycles. The molecule has 1 aliphatic rings. The summed E-state index contributed by atoms with van der Waals surface area (Å²) in [5.74, 6) is -0.0663. The van der Waals surface area contributed by atoms with Crippen LogP contribution < -0.4 is 10.2 Å². The third-order valence-electron chi connectivity index (χ3n) is 4.13. The molecule has 1 saturated heterocycles. The second-order valence-electron chi connectivity index (χ2n) is 5.84. The van der Waals surface area contributed by atoms with Crippen molar-refractivity contribution in [3.63, 3.8) is 0 Å². The summed E-state index contributed by atoms with van der Waals surface area (Å²) in [5, 5.41) is 4.11. The largest absolute Gasteiger partial charge is 0.347 e. The summed E-state index contributed by atoms with van der Waals surface area (Å²) in [6, 6.07) is 5.67. The van der Waals surface area contributed by atoms with Crippen LogP contribution in [-0.2, 0) is 0 Å². The Morgan fingerprint density at radius 2 is 2.17 bits per heavy atom. The Labute approximate surface area is 143 Å². The molecular formula is C17H17N5OS. The number of nitrogens with one attached hydrogen (secondary N) is 1. The van der Waals surface area contributed by atoms with Crippen molar-refractivity contribution in [2.24, 2.45) is 0 Å². The zero-order valence-electron chi connectivity index (χ0n) is 13.1. The molecule has 1 aliphatic heterocycles. The predicted octanol–water partition coefficient (Wildman–Crippen LogP) is 2.49. The lowest BCUT2D eigenvalue weighted by Crippen LogP contribution is -2.47. The number of pyridine rings is 2. The third kappa shape index (κ3) is 3.07. The van der Waals surface area contributed by atoms with Gasteiger partial charge in [-0.05, 0) is 31.0 Å². The molecule has 1 N–H and O–H groups in total. The Hall–Kier alpha value is -2.54. The molecule has 1 unspecified atom stereocenters. The van der Waals surface area contributed by atoms with E-state index in [1.54, 1.807) is 48.3 Å². The van der Waals surface area contributed by atoms with Crippen LogP contribution in [0.25, 0.3) is 10.2 Å². The van der Waals surface area contributed by atoms with Gasteiger partial charge in [-0.1, -0.05) is 11.3 Å². The number of carbonyl (C=O) groups is 1. The van der Waals surface area contributed by atoms with Gasteiger partial charge in [-0.3, -0.25) is 14.8 Å². The maximum absolute atomic E-state index is 12.3. The predicted molar refractivity (Wildman–Crippen MR) is 94.4 cm³/mol. The molecule has 24 heavy (non-hydrogen) atoms. The number of hydrogen-bond acceptors (Lipinski definition) is 6. The van der Waals surface area contributed by atoms with Crippen molar-refractivity contribution >= 4 is 32.6 Å². The van der Waals surface area contributed by atoms with E-state index in [0.29, 0.717) is 5.56 Å². The van der Waals surface area contributed by atoms with Crippen LogP contribution in [-0.4, -0.2) is 40.0 Å². The fourth-order valence-corrected chi connectivity index (χ4v) is 3.91. The molecule has 122 valence electrons. The molecule has 0 bridgehead atoms. The Bertz CT molecular complexity index is 817. The highest BCUT2D eigenvalue weighted by Crippen LogP contribution is 2.29. The van der Waals surface area contributed by atoms with E-state index in [1.165, 1.54) is 0 Å². The fourth-order valence-electron chi connectivity index (χ4n) is 2.94. The number of fused-ring (bicyclic) bond motifs is 1. The number of anilines is 1. The van der Waals surface area contributed by atoms with Crippen LogP contribution in [0.1, 0.15) is 23.2 Å². The van der Waals surface area contributed by atoms with Gasteiger partial charge in [0.05, 0.1) is 16.5 Å². The minimum atomic E-state index is -0.0663. The van der Waals surface area contributed by atoms with Gasteiger partial charge < -0.3 is 10.2 Å². The second kappa shape index (κ2) is 6.52. The first-order valence-corrected chi connectivity index (χ1v) is 8.77. The van der Waals surface area contributed by atoms with Gasteiger partial charge in [0, 0.05) is 37.7 Å². The first kappa shape index (κ1) is 15.0. The lowest BCUT2D eigenvalue weighted by Gasteiger charge is -2.32. The summed E-state index contributed by atoms with van der Waals surface area (Å²) in [4.78, 5) is 27.3. The zero-order valence-corrected chi connectivity index (χ0v) is 13.9. The number of carbonyl (C=O) groups excluding carboxylic acids is 1. The lowest BCUT2D eigenvalue weighted by molar-refractivity contribution is 0.0933. The molecule has 0 aliphatic carbocycles. The molecule has 6 nitrogen and oxygen atoms in total. The Morgan fingerprint density at radius 3 is 3.00 bits per heavy atom. The van der Waals surface area contributed by atoms with Crippen LogP contribution in [0.4, 0.5) is 5.13 Å². The van der Waals surface area contributed by atoms with Crippen molar-refractivity contribution < 1.29 is 4.79 Å². The molecule has 0 aromatic carbocycles. The van der Waals surface area contributed by atoms with Gasteiger partial charge in [0.25, 0.3) is 5.91 Å². The molecule has 1 amide bonds. The SMILES string of the molecule is O=C(NC1CCCN(c2nc3cnccc3s2)C1)c1cccnc1. The van der Waals surface area contributed by atoms with Crippen LogP contribution in [0, 0.1) is 0 Å². The summed E-state index contributed by atoms with van der Waals surface area (Å²) in [6.07, 6.45) is 8.86. The topological polar surface area (TPSA) is 71.0 Å². The van der Waals surface area contributed by atoms with Crippen molar-refractivity contribution in [1.29, 1.82) is 0 Å². The quantitative estimate of drug-likeness (QED) is 0.794. The van der Waals surface area contributed by atoms with E-state index < -0.39 is 0 Å². The maximum atomic E-state index is 12.3. The number of aromatic nitrogens is 3. The van der Waals surface area contributed by atoms with Crippen molar-refractivity contribution in [2.75, 3.05) is 18.0 Å². The Kier molecular flexibility index (Phi) is 4.08. The number of thiazole rings is 1. The van der Waals surface area contributed by atoms with Crippen LogP contribution in [0.5, 0.6) is 0 Å². The number of piperidine rings is 1. The van der Waals surface area contributed by atoms with Crippen LogP contribution in [0.15, 0.2) is 43.0 Å². The summed E-state index contributed by atoms with van der Waals surface area (Å²) in [7, 11) is 0. The molecule has 1 atom stereocenters. The van der Waals surface area contributed by atoms with E-state index in [9.17, 15) is 4.79 Å². The smallest absolute Gasteiger partial charge is 0.253 e. The minimum Gasteiger partial charge on any atom is -0.347 e. The Balaban J connectivity index is 1.46. The average molecular weight is 339 g/mol. The van der Waals surface area contributed by atoms with E-state index in [1.807, 2.05) is 6.07 Å². The molecule has 4 rings (SSSR count). The highest BCUT2D eigenvalue weighted by atomic mass is 32.1. The molecule has 1 fully saturated rings. The molecule has 0 spiro atoms. The highest BCUT2D eigenvalue weighted by molar-refractivity contribution is 7.22. The van der Waals surface area contributed by atoms with Crippen LogP contribution in [0.3, 0.4) is 0 Å². The third-order valence-corrected chi connectivity index (χ3v) is 5.23. The van der Waals surface area contributed by atoms with Crippen LogP contribution in [0.2, 0.25) is 0 Å². The molecule has 0 saturated carbocycles. The van der Waals surface area contributed by atoms with E-state index >= 15 is 0 Å². The van der Waals surface area contributed by atoms with E-state index in [2.05, 4.69) is 25.2 Å². The first-order valence-electron chi connectivity index (χ1n) is 7.96. The van der Waals surface area contributed by atoms with Gasteiger partial charge in [0.15, 0.2) is 5.13 Å². The number of amides is 1. The maximum Gasteiger partial charge on any atom is 0.253 e. The van der Waals surface area contributed by atoms with Gasteiger partial charge in [0.1, 0.15) is 5.52 Å². The van der Waals surface area contributed by atoms with E-state index in [0.717, 1.165) is 41.3 Å². The monoisotopic (exact) mass is 339 g/mol. The normalized spacial score (nSPS) is 17.8.